The van der Waals surface area contributed by atoms with E-state index in [4.69, 9.17) is 4.74 Å². The van der Waals surface area contributed by atoms with Gasteiger partial charge in [0.15, 0.2) is 0 Å². The molecule has 23 heavy (non-hydrogen) atoms. The van der Waals surface area contributed by atoms with Gasteiger partial charge in [0.25, 0.3) is 0 Å². The van der Waals surface area contributed by atoms with Crippen molar-refractivity contribution in [1.82, 2.24) is 5.32 Å². The predicted octanol–water partition coefficient (Wildman–Crippen LogP) is 3.73. The van der Waals surface area contributed by atoms with Crippen molar-refractivity contribution in [2.24, 2.45) is 0 Å². The van der Waals surface area contributed by atoms with Crippen LogP contribution in [0, 0.1) is 6.92 Å². The predicted molar refractivity (Wildman–Crippen MR) is 91.1 cm³/mol. The summed E-state index contributed by atoms with van der Waals surface area (Å²) in [5.74, 6) is -1.08. The van der Waals surface area contributed by atoms with Crippen LogP contribution >= 0.6 is 11.3 Å². The fraction of sp³-hybridized carbons (Fsp3) is 0.412. The Balaban J connectivity index is 2.17. The Morgan fingerprint density at radius 1 is 1.30 bits per heavy atom. The molecule has 0 saturated carbocycles. The van der Waals surface area contributed by atoms with E-state index in [-0.39, 0.29) is 6.42 Å². The number of carbonyl (C=O) groups excluding carboxylic acids is 1. The lowest BCUT2D eigenvalue weighted by atomic mass is 10.1. The number of hydrogen-bond acceptors (Lipinski definition) is 4. The molecule has 1 heterocycles. The van der Waals surface area contributed by atoms with Gasteiger partial charge in [-0.1, -0.05) is 18.2 Å². The van der Waals surface area contributed by atoms with Gasteiger partial charge < -0.3 is 15.2 Å². The summed E-state index contributed by atoms with van der Waals surface area (Å²) >= 11 is 1.55. The second-order valence-electron chi connectivity index (χ2n) is 6.39. The van der Waals surface area contributed by atoms with Crippen molar-refractivity contribution in [2.75, 3.05) is 0 Å². The van der Waals surface area contributed by atoms with Crippen LogP contribution in [0.5, 0.6) is 0 Å². The first-order valence-electron chi connectivity index (χ1n) is 7.36. The Bertz CT molecular complexity index is 730. The summed E-state index contributed by atoms with van der Waals surface area (Å²) in [5.41, 5.74) is 0.392. The van der Waals surface area contributed by atoms with Gasteiger partial charge in [-0.15, -0.1) is 11.3 Å². The first kappa shape index (κ1) is 17.3. The minimum absolute atomic E-state index is 0.236. The Labute approximate surface area is 139 Å². The molecule has 0 spiro atoms. The lowest BCUT2D eigenvalue weighted by Crippen LogP contribution is -2.44. The number of carboxylic acids is 1. The van der Waals surface area contributed by atoms with Crippen LogP contribution in [-0.4, -0.2) is 28.8 Å². The zero-order chi connectivity index (χ0) is 17.2. The number of ether oxygens (including phenoxy) is 1. The van der Waals surface area contributed by atoms with E-state index in [0.717, 1.165) is 20.5 Å². The standard InChI is InChI=1S/C17H21NO4S/c1-10-11-7-5-6-8-13(11)23-14(10)9-12(15(19)20)18-16(21)22-17(2,3)4/h5-8,12H,9H2,1-4H3,(H,18,21)(H,19,20). The molecule has 1 amide bonds. The van der Waals surface area contributed by atoms with Crippen LogP contribution in [0.25, 0.3) is 10.1 Å². The normalized spacial score (nSPS) is 12.9. The Hall–Kier alpha value is -2.08. The van der Waals surface area contributed by atoms with Gasteiger partial charge in [0.2, 0.25) is 0 Å². The zero-order valence-corrected chi connectivity index (χ0v) is 14.5. The number of aliphatic carboxylic acids is 1. The van der Waals surface area contributed by atoms with Crippen molar-refractivity contribution < 1.29 is 19.4 Å². The van der Waals surface area contributed by atoms with E-state index in [1.807, 2.05) is 31.2 Å². The maximum Gasteiger partial charge on any atom is 0.408 e. The molecule has 2 aromatic rings. The van der Waals surface area contributed by atoms with Crippen molar-refractivity contribution in [3.8, 4) is 0 Å². The van der Waals surface area contributed by atoms with Gasteiger partial charge in [-0.3, -0.25) is 0 Å². The number of fused-ring (bicyclic) bond motifs is 1. The summed E-state index contributed by atoms with van der Waals surface area (Å²) in [6.07, 6.45) is -0.483. The molecular formula is C17H21NO4S. The fourth-order valence-corrected chi connectivity index (χ4v) is 3.51. The van der Waals surface area contributed by atoms with Gasteiger partial charge in [0, 0.05) is 16.0 Å². The Morgan fingerprint density at radius 2 is 1.96 bits per heavy atom. The van der Waals surface area contributed by atoms with E-state index in [0.29, 0.717) is 0 Å². The van der Waals surface area contributed by atoms with Crippen molar-refractivity contribution in [1.29, 1.82) is 0 Å². The molecule has 1 atom stereocenters. The van der Waals surface area contributed by atoms with Gasteiger partial charge in [0.05, 0.1) is 0 Å². The quantitative estimate of drug-likeness (QED) is 0.892. The van der Waals surface area contributed by atoms with E-state index >= 15 is 0 Å². The molecule has 5 nitrogen and oxygen atoms in total. The summed E-state index contributed by atoms with van der Waals surface area (Å²) < 4.78 is 6.25. The summed E-state index contributed by atoms with van der Waals surface area (Å²) in [4.78, 5) is 24.2. The molecule has 0 aliphatic rings. The Kier molecular flexibility index (Phi) is 4.94. The van der Waals surface area contributed by atoms with E-state index in [1.54, 1.807) is 32.1 Å². The molecule has 0 aliphatic carbocycles. The molecule has 0 fully saturated rings. The molecule has 0 bridgehead atoms. The molecule has 2 N–H and O–H groups in total. The van der Waals surface area contributed by atoms with Crippen molar-refractivity contribution in [2.45, 2.75) is 45.8 Å². The second-order valence-corrected chi connectivity index (χ2v) is 7.52. The molecule has 2 rings (SSSR count). The number of carboxylic acid groups (broad SMARTS) is 1. The maximum absolute atomic E-state index is 11.8. The average molecular weight is 335 g/mol. The molecular weight excluding hydrogens is 314 g/mol. The largest absolute Gasteiger partial charge is 0.480 e. The third-order valence-electron chi connectivity index (χ3n) is 3.32. The highest BCUT2D eigenvalue weighted by atomic mass is 32.1. The van der Waals surface area contributed by atoms with Crippen LogP contribution in [-0.2, 0) is 16.0 Å². The van der Waals surface area contributed by atoms with Gasteiger partial charge >= 0.3 is 12.1 Å². The van der Waals surface area contributed by atoms with Gasteiger partial charge in [-0.25, -0.2) is 9.59 Å². The summed E-state index contributed by atoms with van der Waals surface area (Å²) in [6.45, 7) is 7.18. The van der Waals surface area contributed by atoms with Crippen LogP contribution < -0.4 is 5.32 Å². The SMILES string of the molecule is Cc1c(CC(NC(=O)OC(C)(C)C)C(=O)O)sc2ccccc12. The van der Waals surface area contributed by atoms with Crippen LogP contribution in [0.4, 0.5) is 4.79 Å². The number of aryl methyl sites for hydroxylation is 1. The van der Waals surface area contributed by atoms with Crippen molar-refractivity contribution in [3.05, 3.63) is 34.7 Å². The van der Waals surface area contributed by atoms with Crippen molar-refractivity contribution in [3.63, 3.8) is 0 Å². The molecule has 1 unspecified atom stereocenters. The highest BCUT2D eigenvalue weighted by Crippen LogP contribution is 2.31. The number of benzene rings is 1. The number of carbonyl (C=O) groups is 2. The average Bonchev–Trinajstić information content (AvgIpc) is 2.73. The number of thiophene rings is 1. The van der Waals surface area contributed by atoms with Crippen LogP contribution in [0.1, 0.15) is 31.2 Å². The van der Waals surface area contributed by atoms with Crippen LogP contribution in [0.2, 0.25) is 0 Å². The first-order valence-corrected chi connectivity index (χ1v) is 8.18. The molecule has 1 aromatic heterocycles. The smallest absolute Gasteiger partial charge is 0.408 e. The van der Waals surface area contributed by atoms with Crippen LogP contribution in [0.3, 0.4) is 0 Å². The monoisotopic (exact) mass is 335 g/mol. The van der Waals surface area contributed by atoms with Crippen molar-refractivity contribution >= 4 is 33.5 Å². The molecule has 0 saturated heterocycles. The van der Waals surface area contributed by atoms with E-state index in [1.165, 1.54) is 0 Å². The van der Waals surface area contributed by atoms with E-state index in [2.05, 4.69) is 5.32 Å². The van der Waals surface area contributed by atoms with Gasteiger partial charge in [0.1, 0.15) is 11.6 Å². The number of hydrogen-bond donors (Lipinski definition) is 2. The van der Waals surface area contributed by atoms with Crippen LogP contribution in [0.15, 0.2) is 24.3 Å². The second kappa shape index (κ2) is 6.58. The molecule has 6 heteroatoms. The number of amides is 1. The van der Waals surface area contributed by atoms with E-state index in [9.17, 15) is 14.7 Å². The first-order chi connectivity index (χ1) is 10.7. The molecule has 124 valence electrons. The minimum atomic E-state index is -1.08. The zero-order valence-electron chi connectivity index (χ0n) is 13.7. The topological polar surface area (TPSA) is 75.6 Å². The third kappa shape index (κ3) is 4.45. The highest BCUT2D eigenvalue weighted by Gasteiger charge is 2.25. The fourth-order valence-electron chi connectivity index (χ4n) is 2.25. The molecule has 1 aromatic carbocycles. The number of rotatable bonds is 4. The van der Waals surface area contributed by atoms with Gasteiger partial charge in [-0.2, -0.15) is 0 Å². The number of nitrogens with one attached hydrogen (secondary N) is 1. The number of alkyl carbamates (subject to hydrolysis) is 1. The lowest BCUT2D eigenvalue weighted by molar-refractivity contribution is -0.139. The van der Waals surface area contributed by atoms with Gasteiger partial charge in [-0.05, 0) is 44.7 Å². The minimum Gasteiger partial charge on any atom is -0.480 e. The maximum atomic E-state index is 11.8. The highest BCUT2D eigenvalue weighted by molar-refractivity contribution is 7.19. The molecule has 0 aliphatic heterocycles. The summed E-state index contributed by atoms with van der Waals surface area (Å²) in [5, 5.41) is 12.9. The lowest BCUT2D eigenvalue weighted by Gasteiger charge is -2.22. The molecule has 0 radical (unpaired) electrons. The third-order valence-corrected chi connectivity index (χ3v) is 4.62. The van der Waals surface area contributed by atoms with E-state index < -0.39 is 23.7 Å². The Morgan fingerprint density at radius 3 is 2.52 bits per heavy atom. The summed E-state index contributed by atoms with van der Waals surface area (Å²) in [7, 11) is 0. The summed E-state index contributed by atoms with van der Waals surface area (Å²) in [6, 6.07) is 6.92.